The van der Waals surface area contributed by atoms with Crippen LogP contribution in [0.1, 0.15) is 48.0 Å². The van der Waals surface area contributed by atoms with Gasteiger partial charge in [0.25, 0.3) is 11.6 Å². The lowest BCUT2D eigenvalue weighted by Gasteiger charge is -2.21. The van der Waals surface area contributed by atoms with Crippen molar-refractivity contribution in [3.05, 3.63) is 69.8 Å². The number of thioether (sulfide) groups is 1. The summed E-state index contributed by atoms with van der Waals surface area (Å²) in [6, 6.07) is 13.3. The number of rotatable bonds is 9. The Labute approximate surface area is 186 Å². The summed E-state index contributed by atoms with van der Waals surface area (Å²) in [6.45, 7) is 0.995. The molecule has 1 aliphatic rings. The van der Waals surface area contributed by atoms with E-state index in [-0.39, 0.29) is 29.8 Å². The number of amides is 2. The van der Waals surface area contributed by atoms with Gasteiger partial charge in [-0.05, 0) is 36.5 Å². The van der Waals surface area contributed by atoms with E-state index in [2.05, 4.69) is 10.6 Å². The Hall–Kier alpha value is -2.87. The zero-order valence-electron chi connectivity index (χ0n) is 17.3. The molecular weight excluding hydrogens is 414 g/mol. The van der Waals surface area contributed by atoms with E-state index in [0.717, 1.165) is 17.0 Å². The highest BCUT2D eigenvalue weighted by Gasteiger charge is 2.16. The molecule has 1 aliphatic carbocycles. The van der Waals surface area contributed by atoms with Crippen molar-refractivity contribution in [2.24, 2.45) is 5.92 Å². The van der Waals surface area contributed by atoms with Crippen molar-refractivity contribution in [2.45, 2.75) is 43.5 Å². The lowest BCUT2D eigenvalue weighted by Crippen LogP contribution is -2.31. The van der Waals surface area contributed by atoms with Crippen molar-refractivity contribution in [3.63, 3.8) is 0 Å². The van der Waals surface area contributed by atoms with Crippen LogP contribution in [0.15, 0.2) is 53.4 Å². The van der Waals surface area contributed by atoms with E-state index in [9.17, 15) is 19.7 Å². The Balaban J connectivity index is 1.49. The average molecular weight is 442 g/mol. The van der Waals surface area contributed by atoms with Crippen LogP contribution in [0.5, 0.6) is 0 Å². The maximum absolute atomic E-state index is 12.7. The minimum Gasteiger partial charge on any atom is -0.355 e. The molecule has 2 N–H and O–H groups in total. The summed E-state index contributed by atoms with van der Waals surface area (Å²) in [5.74, 6) is 0.584. The zero-order valence-corrected chi connectivity index (χ0v) is 18.2. The lowest BCUT2D eigenvalue weighted by atomic mass is 9.89. The van der Waals surface area contributed by atoms with Gasteiger partial charge >= 0.3 is 0 Å². The van der Waals surface area contributed by atoms with Gasteiger partial charge in [0.2, 0.25) is 5.91 Å². The summed E-state index contributed by atoms with van der Waals surface area (Å²) in [4.78, 5) is 35.9. The third-order valence-corrected chi connectivity index (χ3v) is 6.48. The maximum Gasteiger partial charge on any atom is 0.269 e. The molecule has 0 radical (unpaired) electrons. The molecule has 0 heterocycles. The van der Waals surface area contributed by atoms with Crippen LogP contribution in [0.3, 0.4) is 0 Å². The summed E-state index contributed by atoms with van der Waals surface area (Å²) in [5, 5.41) is 16.6. The number of non-ortho nitro benzene ring substituents is 1. The molecule has 164 valence electrons. The van der Waals surface area contributed by atoms with E-state index in [1.165, 1.54) is 56.0 Å². The van der Waals surface area contributed by atoms with E-state index in [4.69, 9.17) is 0 Å². The van der Waals surface area contributed by atoms with Crippen LogP contribution >= 0.6 is 11.8 Å². The third kappa shape index (κ3) is 7.10. The van der Waals surface area contributed by atoms with Crippen molar-refractivity contribution < 1.29 is 14.5 Å². The molecule has 3 rings (SSSR count). The number of nitro benzene ring substituents is 1. The molecular formula is C23H27N3O4S. The minimum absolute atomic E-state index is 0.0126. The van der Waals surface area contributed by atoms with Gasteiger partial charge in [0.15, 0.2) is 0 Å². The summed E-state index contributed by atoms with van der Waals surface area (Å²) in [7, 11) is 0. The van der Waals surface area contributed by atoms with Crippen LogP contribution in [-0.4, -0.2) is 29.0 Å². The average Bonchev–Trinajstić information content (AvgIpc) is 2.81. The number of carbonyl (C=O) groups is 2. The van der Waals surface area contributed by atoms with Crippen molar-refractivity contribution in [1.29, 1.82) is 0 Å². The van der Waals surface area contributed by atoms with Gasteiger partial charge in [-0.3, -0.25) is 19.7 Å². The van der Waals surface area contributed by atoms with E-state index in [1.807, 2.05) is 12.1 Å². The second-order valence-electron chi connectivity index (χ2n) is 7.70. The molecule has 0 spiro atoms. The lowest BCUT2D eigenvalue weighted by molar-refractivity contribution is -0.384. The molecule has 0 atom stereocenters. The fourth-order valence-electron chi connectivity index (χ4n) is 3.64. The van der Waals surface area contributed by atoms with E-state index >= 15 is 0 Å². The number of hydrogen-bond donors (Lipinski definition) is 2. The number of hydrogen-bond acceptors (Lipinski definition) is 5. The van der Waals surface area contributed by atoms with E-state index < -0.39 is 4.92 Å². The molecule has 31 heavy (non-hydrogen) atoms. The van der Waals surface area contributed by atoms with Gasteiger partial charge in [-0.2, -0.15) is 0 Å². The standard InChI is InChI=1S/C23H27N3O4S/c27-22(24-14-17-6-2-1-3-7-17)16-31-21-9-5-4-8-20(21)23(28)25-15-18-10-12-19(13-11-18)26(29)30/h4-5,8-13,17H,1-3,6-7,14-16H2,(H,24,27)(H,25,28). The number of carbonyl (C=O) groups excluding carboxylic acids is 2. The van der Waals surface area contributed by atoms with Gasteiger partial charge in [-0.15, -0.1) is 11.8 Å². The quantitative estimate of drug-likeness (QED) is 0.343. The van der Waals surface area contributed by atoms with Crippen LogP contribution in [0.25, 0.3) is 0 Å². The Kier molecular flexibility index (Phi) is 8.46. The summed E-state index contributed by atoms with van der Waals surface area (Å²) in [5.41, 5.74) is 1.29. The molecule has 7 nitrogen and oxygen atoms in total. The fraction of sp³-hybridized carbons (Fsp3) is 0.391. The number of benzene rings is 2. The number of nitro groups is 1. The van der Waals surface area contributed by atoms with Crippen LogP contribution in [-0.2, 0) is 11.3 Å². The molecule has 0 aliphatic heterocycles. The van der Waals surface area contributed by atoms with Crippen molar-refractivity contribution in [2.75, 3.05) is 12.3 Å². The SMILES string of the molecule is O=C(CSc1ccccc1C(=O)NCc1ccc([N+](=O)[O-])cc1)NCC1CCCCC1. The zero-order chi connectivity index (χ0) is 22.1. The molecule has 0 saturated heterocycles. The summed E-state index contributed by atoms with van der Waals surface area (Å²) >= 11 is 1.35. The fourth-order valence-corrected chi connectivity index (χ4v) is 4.52. The minimum atomic E-state index is -0.457. The third-order valence-electron chi connectivity index (χ3n) is 5.40. The van der Waals surface area contributed by atoms with Crippen LogP contribution in [0.2, 0.25) is 0 Å². The summed E-state index contributed by atoms with van der Waals surface area (Å²) in [6.07, 6.45) is 6.16. The Morgan fingerprint density at radius 3 is 2.42 bits per heavy atom. The van der Waals surface area contributed by atoms with Crippen LogP contribution in [0, 0.1) is 16.0 Å². The highest BCUT2D eigenvalue weighted by Crippen LogP contribution is 2.24. The topological polar surface area (TPSA) is 101 Å². The maximum atomic E-state index is 12.7. The number of nitrogens with one attached hydrogen (secondary N) is 2. The summed E-state index contributed by atoms with van der Waals surface area (Å²) < 4.78 is 0. The van der Waals surface area contributed by atoms with Crippen LogP contribution in [0.4, 0.5) is 5.69 Å². The first kappa shape index (κ1) is 22.8. The van der Waals surface area contributed by atoms with E-state index in [1.54, 1.807) is 24.3 Å². The number of nitrogens with zero attached hydrogens (tertiary/aromatic N) is 1. The van der Waals surface area contributed by atoms with E-state index in [0.29, 0.717) is 11.5 Å². The van der Waals surface area contributed by atoms with Crippen LogP contribution < -0.4 is 10.6 Å². The Morgan fingerprint density at radius 1 is 1.00 bits per heavy atom. The van der Waals surface area contributed by atoms with Gasteiger partial charge < -0.3 is 10.6 Å². The first-order valence-corrected chi connectivity index (χ1v) is 11.5. The molecule has 0 unspecified atom stereocenters. The van der Waals surface area contributed by atoms with Gasteiger partial charge in [-0.1, -0.05) is 43.5 Å². The second kappa shape index (κ2) is 11.5. The van der Waals surface area contributed by atoms with Crippen molar-refractivity contribution in [3.8, 4) is 0 Å². The first-order chi connectivity index (χ1) is 15.0. The van der Waals surface area contributed by atoms with Crippen molar-refractivity contribution >= 4 is 29.3 Å². The second-order valence-corrected chi connectivity index (χ2v) is 8.72. The molecule has 1 saturated carbocycles. The largest absolute Gasteiger partial charge is 0.355 e. The Morgan fingerprint density at radius 2 is 1.71 bits per heavy atom. The molecule has 2 aromatic carbocycles. The highest BCUT2D eigenvalue weighted by molar-refractivity contribution is 8.00. The smallest absolute Gasteiger partial charge is 0.269 e. The monoisotopic (exact) mass is 441 g/mol. The molecule has 2 aromatic rings. The predicted octanol–water partition coefficient (Wildman–Crippen LogP) is 4.31. The molecule has 0 bridgehead atoms. The van der Waals surface area contributed by atoms with Gasteiger partial charge in [0.05, 0.1) is 16.2 Å². The van der Waals surface area contributed by atoms with Crippen molar-refractivity contribution in [1.82, 2.24) is 10.6 Å². The molecule has 0 aromatic heterocycles. The first-order valence-electron chi connectivity index (χ1n) is 10.5. The van der Waals surface area contributed by atoms with Gasteiger partial charge in [0.1, 0.15) is 0 Å². The van der Waals surface area contributed by atoms with Gasteiger partial charge in [-0.25, -0.2) is 0 Å². The Bertz CT molecular complexity index is 911. The van der Waals surface area contributed by atoms with Gasteiger partial charge in [0, 0.05) is 30.1 Å². The predicted molar refractivity (Wildman–Crippen MR) is 121 cm³/mol. The molecule has 8 heteroatoms. The normalized spacial score (nSPS) is 14.1. The molecule has 1 fully saturated rings. The molecule has 2 amide bonds. The highest BCUT2D eigenvalue weighted by atomic mass is 32.2.